The molecule has 0 bridgehead atoms. The summed E-state index contributed by atoms with van der Waals surface area (Å²) in [6.45, 7) is 0.162. The highest BCUT2D eigenvalue weighted by molar-refractivity contribution is 7.89. The first-order valence-corrected chi connectivity index (χ1v) is 12.6. The highest BCUT2D eigenvalue weighted by Gasteiger charge is 2.24. The Bertz CT molecular complexity index is 1500. The summed E-state index contributed by atoms with van der Waals surface area (Å²) in [5.41, 5.74) is 0.998. The van der Waals surface area contributed by atoms with Crippen LogP contribution in [0, 0.1) is 35.0 Å². The Morgan fingerprint density at radius 3 is 2.35 bits per heavy atom. The Morgan fingerprint density at radius 1 is 1.12 bits per heavy atom. The van der Waals surface area contributed by atoms with E-state index in [-0.39, 0.29) is 42.9 Å². The van der Waals surface area contributed by atoms with Gasteiger partial charge in [-0.15, -0.1) is 6.42 Å². The van der Waals surface area contributed by atoms with Crippen LogP contribution in [0.1, 0.15) is 23.2 Å². The Labute approximate surface area is 206 Å². The number of carbonyl (C=O) groups excluding carboxylic acids is 1. The lowest BCUT2D eigenvalue weighted by atomic mass is 10.2. The van der Waals surface area contributed by atoms with Crippen molar-refractivity contribution in [1.29, 1.82) is 10.5 Å². The van der Waals surface area contributed by atoms with Gasteiger partial charge in [-0.25, -0.2) is 8.42 Å². The quantitative estimate of drug-likeness (QED) is 0.428. The molecule has 0 unspecified atom stereocenters. The third kappa shape index (κ3) is 5.53. The van der Waals surface area contributed by atoms with Crippen molar-refractivity contribution in [1.82, 2.24) is 8.87 Å². The van der Waals surface area contributed by atoms with Gasteiger partial charge >= 0.3 is 0 Å². The van der Waals surface area contributed by atoms with E-state index in [2.05, 4.69) is 10.9 Å². The van der Waals surface area contributed by atoms with Crippen molar-refractivity contribution in [3.8, 4) is 24.5 Å². The first kappa shape index (κ1) is 25.2. The zero-order valence-electron chi connectivity index (χ0n) is 17.8. The standard InChI is InChI=1S/C23H18ClN5O3S2/c1-2-13-29-20-10-7-18(24)16-21(20)33-23(29)27-22(30)17-5-8-19(9-6-17)34(31,32)28(14-3-11-25)15-4-12-26/h1,5-10,16H,3-4,13-15H2. The van der Waals surface area contributed by atoms with Crippen molar-refractivity contribution in [3.05, 3.63) is 57.9 Å². The van der Waals surface area contributed by atoms with Crippen LogP contribution >= 0.6 is 22.9 Å². The van der Waals surface area contributed by atoms with Crippen molar-refractivity contribution in [2.45, 2.75) is 24.3 Å². The lowest BCUT2D eigenvalue weighted by molar-refractivity contribution is 0.0998. The fourth-order valence-corrected chi connectivity index (χ4v) is 5.89. The summed E-state index contributed by atoms with van der Waals surface area (Å²) in [6, 6.07) is 14.5. The number of rotatable bonds is 8. The average molecular weight is 512 g/mol. The fourth-order valence-electron chi connectivity index (χ4n) is 3.15. The lowest BCUT2D eigenvalue weighted by Crippen LogP contribution is -2.32. The number of nitrogens with zero attached hydrogens (tertiary/aromatic N) is 5. The minimum Gasteiger partial charge on any atom is -0.305 e. The van der Waals surface area contributed by atoms with Crippen molar-refractivity contribution in [2.75, 3.05) is 13.1 Å². The van der Waals surface area contributed by atoms with Crippen LogP contribution in [0.25, 0.3) is 10.2 Å². The van der Waals surface area contributed by atoms with Gasteiger partial charge in [-0.2, -0.15) is 19.8 Å². The second-order valence-electron chi connectivity index (χ2n) is 6.95. The molecule has 34 heavy (non-hydrogen) atoms. The number of amides is 1. The van der Waals surface area contributed by atoms with Crippen LogP contribution in [0.3, 0.4) is 0 Å². The number of nitriles is 2. The van der Waals surface area contributed by atoms with Crippen LogP contribution in [-0.2, 0) is 16.6 Å². The molecule has 8 nitrogen and oxygen atoms in total. The van der Waals surface area contributed by atoms with E-state index < -0.39 is 15.9 Å². The Kier molecular flexibility index (Phi) is 8.22. The molecule has 0 saturated heterocycles. The number of aromatic nitrogens is 1. The zero-order valence-corrected chi connectivity index (χ0v) is 20.2. The van der Waals surface area contributed by atoms with Crippen LogP contribution in [-0.4, -0.2) is 36.3 Å². The van der Waals surface area contributed by atoms with Gasteiger partial charge in [-0.05, 0) is 42.5 Å². The van der Waals surface area contributed by atoms with E-state index in [4.69, 9.17) is 28.5 Å². The molecular weight excluding hydrogens is 494 g/mol. The SMILES string of the molecule is C#CCn1c(=NC(=O)c2ccc(S(=O)(=O)N(CCC#N)CCC#N)cc2)sc2cc(Cl)ccc21. The smallest absolute Gasteiger partial charge is 0.279 e. The summed E-state index contributed by atoms with van der Waals surface area (Å²) in [5, 5.41) is 18.2. The zero-order chi connectivity index (χ0) is 24.7. The molecular formula is C23H18ClN5O3S2. The molecule has 3 aromatic rings. The van der Waals surface area contributed by atoms with Gasteiger partial charge in [-0.1, -0.05) is 28.9 Å². The molecule has 0 radical (unpaired) electrons. The third-order valence-corrected chi connectivity index (χ3v) is 7.97. The van der Waals surface area contributed by atoms with E-state index in [1.807, 2.05) is 12.1 Å². The van der Waals surface area contributed by atoms with Gasteiger partial charge in [-0.3, -0.25) is 4.79 Å². The van der Waals surface area contributed by atoms with E-state index in [9.17, 15) is 13.2 Å². The normalized spacial score (nSPS) is 11.8. The summed E-state index contributed by atoms with van der Waals surface area (Å²) in [6.07, 6.45) is 5.48. The number of benzene rings is 2. The van der Waals surface area contributed by atoms with Crippen molar-refractivity contribution < 1.29 is 13.2 Å². The van der Waals surface area contributed by atoms with Crippen LogP contribution in [0.15, 0.2) is 52.4 Å². The topological polar surface area (TPSA) is 119 Å². The molecule has 1 amide bonds. The number of hydrogen-bond acceptors (Lipinski definition) is 6. The molecule has 1 aromatic heterocycles. The van der Waals surface area contributed by atoms with Crippen molar-refractivity contribution in [2.24, 2.45) is 4.99 Å². The maximum Gasteiger partial charge on any atom is 0.279 e. The van der Waals surface area contributed by atoms with Gasteiger partial charge in [0.05, 0.1) is 33.8 Å². The summed E-state index contributed by atoms with van der Waals surface area (Å²) < 4.78 is 29.5. The first-order valence-electron chi connectivity index (χ1n) is 9.97. The number of terminal acetylenes is 1. The van der Waals surface area contributed by atoms with E-state index >= 15 is 0 Å². The summed E-state index contributed by atoms with van der Waals surface area (Å²) >= 11 is 7.33. The van der Waals surface area contributed by atoms with Crippen LogP contribution in [0.4, 0.5) is 0 Å². The molecule has 0 saturated carbocycles. The second kappa shape index (κ2) is 11.1. The lowest BCUT2D eigenvalue weighted by Gasteiger charge is -2.20. The minimum absolute atomic E-state index is 0.00184. The van der Waals surface area contributed by atoms with Crippen LogP contribution in [0.5, 0.6) is 0 Å². The maximum absolute atomic E-state index is 12.9. The fraction of sp³-hybridized carbons (Fsp3) is 0.217. The van der Waals surface area contributed by atoms with Gasteiger partial charge in [0, 0.05) is 36.5 Å². The van der Waals surface area contributed by atoms with E-state index in [0.29, 0.717) is 9.82 Å². The van der Waals surface area contributed by atoms with Gasteiger partial charge in [0.1, 0.15) is 0 Å². The van der Waals surface area contributed by atoms with E-state index in [1.165, 1.54) is 35.6 Å². The predicted octanol–water partition coefficient (Wildman–Crippen LogP) is 3.55. The number of fused-ring (bicyclic) bond motifs is 1. The number of carbonyl (C=O) groups is 1. The molecule has 2 aromatic carbocycles. The largest absolute Gasteiger partial charge is 0.305 e. The highest BCUT2D eigenvalue weighted by atomic mass is 35.5. The molecule has 0 aliphatic heterocycles. The van der Waals surface area contributed by atoms with Gasteiger partial charge in [0.25, 0.3) is 5.91 Å². The molecule has 0 fully saturated rings. The number of sulfonamides is 1. The third-order valence-electron chi connectivity index (χ3n) is 4.78. The van der Waals surface area contributed by atoms with Gasteiger partial charge in [0.15, 0.2) is 4.80 Å². The Balaban J connectivity index is 1.93. The maximum atomic E-state index is 12.9. The Hall–Kier alpha value is -3.46. The molecule has 0 N–H and O–H groups in total. The average Bonchev–Trinajstić information content (AvgIpc) is 3.15. The van der Waals surface area contributed by atoms with Crippen LogP contribution in [0.2, 0.25) is 5.02 Å². The van der Waals surface area contributed by atoms with Crippen molar-refractivity contribution in [3.63, 3.8) is 0 Å². The molecule has 3 rings (SSSR count). The molecule has 1 heterocycles. The molecule has 11 heteroatoms. The van der Waals surface area contributed by atoms with Gasteiger partial charge in [0.2, 0.25) is 10.0 Å². The van der Waals surface area contributed by atoms with E-state index in [0.717, 1.165) is 14.5 Å². The highest BCUT2D eigenvalue weighted by Crippen LogP contribution is 2.22. The Morgan fingerprint density at radius 2 is 1.76 bits per heavy atom. The van der Waals surface area contributed by atoms with E-state index in [1.54, 1.807) is 22.8 Å². The number of hydrogen-bond donors (Lipinski definition) is 0. The summed E-state index contributed by atoms with van der Waals surface area (Å²) in [5.74, 6) is 1.99. The number of thiazole rings is 1. The monoisotopic (exact) mass is 511 g/mol. The molecule has 0 aliphatic rings. The molecule has 0 spiro atoms. The molecule has 0 aliphatic carbocycles. The first-order chi connectivity index (χ1) is 16.3. The second-order valence-corrected chi connectivity index (χ2v) is 10.3. The van der Waals surface area contributed by atoms with Crippen molar-refractivity contribution >= 4 is 49.1 Å². The molecule has 172 valence electrons. The summed E-state index contributed by atoms with van der Waals surface area (Å²) in [4.78, 5) is 17.4. The predicted molar refractivity (Wildman–Crippen MR) is 129 cm³/mol. The van der Waals surface area contributed by atoms with Crippen LogP contribution < -0.4 is 4.80 Å². The molecule has 0 atom stereocenters. The van der Waals surface area contributed by atoms with Gasteiger partial charge < -0.3 is 4.57 Å². The summed E-state index contributed by atoms with van der Waals surface area (Å²) in [7, 11) is -3.93. The minimum atomic E-state index is -3.93. The number of halogens is 1.